The van der Waals surface area contributed by atoms with Crippen molar-refractivity contribution >= 4 is 22.6 Å². The number of hydrogen-bond donors (Lipinski definition) is 0. The van der Waals surface area contributed by atoms with Gasteiger partial charge in [0.2, 0.25) is 0 Å². The first-order valence-electron chi connectivity index (χ1n) is 5.18. The normalized spacial score (nSPS) is 28.4. The Hall–Kier alpha value is 0.650. The van der Waals surface area contributed by atoms with Gasteiger partial charge < -0.3 is 9.47 Å². The molecule has 1 spiro atoms. The molecule has 2 rings (SSSR count). The molecule has 0 aromatic carbocycles. The van der Waals surface area contributed by atoms with Crippen molar-refractivity contribution in [3.8, 4) is 0 Å². The van der Waals surface area contributed by atoms with Crippen LogP contribution in [0.25, 0.3) is 0 Å². The van der Waals surface area contributed by atoms with Gasteiger partial charge >= 0.3 is 0 Å². The van der Waals surface area contributed by atoms with Gasteiger partial charge in [-0.05, 0) is 29.6 Å². The first kappa shape index (κ1) is 10.2. The van der Waals surface area contributed by atoms with E-state index in [4.69, 9.17) is 9.47 Å². The Morgan fingerprint density at radius 2 is 1.77 bits per heavy atom. The minimum absolute atomic E-state index is 0.151. The van der Waals surface area contributed by atoms with Gasteiger partial charge in [-0.1, -0.05) is 22.6 Å². The Bertz CT molecular complexity index is 156. The maximum Gasteiger partial charge on any atom is 0.168 e. The van der Waals surface area contributed by atoms with E-state index >= 15 is 0 Å². The SMILES string of the molecule is ICCC1CCC2(CC1)OCCO2. The highest BCUT2D eigenvalue weighted by Crippen LogP contribution is 2.39. The van der Waals surface area contributed by atoms with Crippen LogP contribution in [0.4, 0.5) is 0 Å². The minimum atomic E-state index is -0.151. The van der Waals surface area contributed by atoms with E-state index in [2.05, 4.69) is 22.6 Å². The molecule has 0 amide bonds. The Balaban J connectivity index is 1.81. The third-order valence-corrected chi connectivity index (χ3v) is 3.82. The summed E-state index contributed by atoms with van der Waals surface area (Å²) in [5.74, 6) is 0.775. The van der Waals surface area contributed by atoms with Crippen molar-refractivity contribution in [3.63, 3.8) is 0 Å². The van der Waals surface area contributed by atoms with Crippen LogP contribution in [0.1, 0.15) is 32.1 Å². The number of rotatable bonds is 2. The zero-order valence-electron chi connectivity index (χ0n) is 7.93. The second kappa shape index (κ2) is 4.45. The average Bonchev–Trinajstić information content (AvgIpc) is 2.59. The van der Waals surface area contributed by atoms with Crippen molar-refractivity contribution in [2.75, 3.05) is 17.6 Å². The monoisotopic (exact) mass is 296 g/mol. The molecule has 0 N–H and O–H groups in total. The van der Waals surface area contributed by atoms with Gasteiger partial charge in [-0.3, -0.25) is 0 Å². The summed E-state index contributed by atoms with van der Waals surface area (Å²) in [7, 11) is 0. The summed E-state index contributed by atoms with van der Waals surface area (Å²) in [6, 6.07) is 0. The summed E-state index contributed by atoms with van der Waals surface area (Å²) in [6.07, 6.45) is 6.20. The molecule has 1 saturated heterocycles. The zero-order valence-corrected chi connectivity index (χ0v) is 10.1. The van der Waals surface area contributed by atoms with Crippen LogP contribution in [0, 0.1) is 5.92 Å². The van der Waals surface area contributed by atoms with Crippen LogP contribution in [-0.2, 0) is 9.47 Å². The van der Waals surface area contributed by atoms with Crippen LogP contribution in [0.3, 0.4) is 0 Å². The maximum absolute atomic E-state index is 5.68. The first-order chi connectivity index (χ1) is 6.35. The van der Waals surface area contributed by atoms with Crippen LogP contribution < -0.4 is 0 Å². The quantitative estimate of drug-likeness (QED) is 0.576. The Morgan fingerprint density at radius 1 is 1.15 bits per heavy atom. The summed E-state index contributed by atoms with van der Waals surface area (Å²) in [4.78, 5) is 0. The van der Waals surface area contributed by atoms with E-state index in [-0.39, 0.29) is 5.79 Å². The van der Waals surface area contributed by atoms with E-state index in [0.29, 0.717) is 0 Å². The number of ether oxygens (including phenoxy) is 2. The standard InChI is InChI=1S/C10H17IO2/c11-6-3-9-1-4-10(5-2-9)12-7-8-13-10/h9H,1-8H2. The summed E-state index contributed by atoms with van der Waals surface area (Å²) in [5.41, 5.74) is 0. The molecule has 0 atom stereocenters. The molecule has 76 valence electrons. The summed E-state index contributed by atoms with van der Waals surface area (Å²) in [5, 5.41) is 0. The molecule has 0 aromatic heterocycles. The molecular formula is C10H17IO2. The molecule has 13 heavy (non-hydrogen) atoms. The lowest BCUT2D eigenvalue weighted by Gasteiger charge is -2.35. The number of hydrogen-bond acceptors (Lipinski definition) is 2. The van der Waals surface area contributed by atoms with Crippen molar-refractivity contribution in [2.45, 2.75) is 37.9 Å². The average molecular weight is 296 g/mol. The highest BCUT2D eigenvalue weighted by molar-refractivity contribution is 14.1. The van der Waals surface area contributed by atoms with Gasteiger partial charge in [-0.15, -0.1) is 0 Å². The molecule has 0 bridgehead atoms. The molecule has 0 unspecified atom stereocenters. The second-order valence-corrected chi connectivity index (χ2v) is 5.11. The molecule has 1 aliphatic heterocycles. The molecule has 2 fully saturated rings. The summed E-state index contributed by atoms with van der Waals surface area (Å²) in [6.45, 7) is 1.61. The van der Waals surface area contributed by atoms with Gasteiger partial charge in [0.25, 0.3) is 0 Å². The van der Waals surface area contributed by atoms with Gasteiger partial charge in [0.1, 0.15) is 0 Å². The smallest absolute Gasteiger partial charge is 0.168 e. The largest absolute Gasteiger partial charge is 0.348 e. The Kier molecular flexibility index (Phi) is 3.48. The molecule has 2 aliphatic rings. The van der Waals surface area contributed by atoms with Crippen LogP contribution in [0.5, 0.6) is 0 Å². The molecule has 0 radical (unpaired) electrons. The molecule has 1 aliphatic carbocycles. The Morgan fingerprint density at radius 3 is 2.31 bits per heavy atom. The fourth-order valence-corrected chi connectivity index (χ4v) is 3.23. The highest BCUT2D eigenvalue weighted by Gasteiger charge is 2.39. The van der Waals surface area contributed by atoms with Gasteiger partial charge in [-0.2, -0.15) is 0 Å². The minimum Gasteiger partial charge on any atom is -0.348 e. The zero-order chi connectivity index (χ0) is 9.15. The summed E-state index contributed by atoms with van der Waals surface area (Å²) >= 11 is 2.47. The van der Waals surface area contributed by atoms with Crippen molar-refractivity contribution in [3.05, 3.63) is 0 Å². The molecule has 1 saturated carbocycles. The molecule has 0 aromatic rings. The van der Waals surface area contributed by atoms with Crippen molar-refractivity contribution in [1.82, 2.24) is 0 Å². The Labute approximate surface area is 93.5 Å². The van der Waals surface area contributed by atoms with Crippen LogP contribution in [-0.4, -0.2) is 23.4 Å². The lowest BCUT2D eigenvalue weighted by molar-refractivity contribution is -0.182. The molecule has 3 heteroatoms. The molecule has 2 nitrogen and oxygen atoms in total. The lowest BCUT2D eigenvalue weighted by atomic mass is 9.84. The lowest BCUT2D eigenvalue weighted by Crippen LogP contribution is -2.35. The van der Waals surface area contributed by atoms with Gasteiger partial charge in [0, 0.05) is 12.8 Å². The second-order valence-electron chi connectivity index (χ2n) is 4.03. The highest BCUT2D eigenvalue weighted by atomic mass is 127. The maximum atomic E-state index is 5.68. The number of halogens is 1. The van der Waals surface area contributed by atoms with Gasteiger partial charge in [0.15, 0.2) is 5.79 Å². The van der Waals surface area contributed by atoms with E-state index in [1.54, 1.807) is 0 Å². The van der Waals surface area contributed by atoms with Crippen molar-refractivity contribution in [1.29, 1.82) is 0 Å². The van der Waals surface area contributed by atoms with Crippen LogP contribution in [0.2, 0.25) is 0 Å². The predicted octanol–water partition coefficient (Wildman–Crippen LogP) is 2.74. The van der Waals surface area contributed by atoms with Crippen molar-refractivity contribution in [2.24, 2.45) is 5.92 Å². The van der Waals surface area contributed by atoms with E-state index in [9.17, 15) is 0 Å². The molecule has 1 heterocycles. The third-order valence-electron chi connectivity index (χ3n) is 3.20. The third kappa shape index (κ3) is 2.36. The predicted molar refractivity (Wildman–Crippen MR) is 60.1 cm³/mol. The van der Waals surface area contributed by atoms with E-state index in [0.717, 1.165) is 32.0 Å². The fraction of sp³-hybridized carbons (Fsp3) is 1.00. The van der Waals surface area contributed by atoms with Gasteiger partial charge in [0.05, 0.1) is 13.2 Å². The topological polar surface area (TPSA) is 18.5 Å². The summed E-state index contributed by atoms with van der Waals surface area (Å²) < 4.78 is 12.7. The molecular weight excluding hydrogens is 279 g/mol. The van der Waals surface area contributed by atoms with Gasteiger partial charge in [-0.25, -0.2) is 0 Å². The fourth-order valence-electron chi connectivity index (χ4n) is 2.35. The van der Waals surface area contributed by atoms with E-state index in [1.165, 1.54) is 23.7 Å². The number of alkyl halides is 1. The van der Waals surface area contributed by atoms with Crippen LogP contribution >= 0.6 is 22.6 Å². The van der Waals surface area contributed by atoms with E-state index < -0.39 is 0 Å². The first-order valence-corrected chi connectivity index (χ1v) is 6.71. The van der Waals surface area contributed by atoms with E-state index in [1.807, 2.05) is 0 Å². The van der Waals surface area contributed by atoms with Crippen LogP contribution in [0.15, 0.2) is 0 Å². The van der Waals surface area contributed by atoms with Crippen molar-refractivity contribution < 1.29 is 9.47 Å².